The Kier molecular flexibility index (Phi) is 8.68. The maximum atomic E-state index is 14.4. The lowest BCUT2D eigenvalue weighted by Crippen LogP contribution is -2.53. The van der Waals surface area contributed by atoms with E-state index < -0.39 is 12.0 Å². The molecule has 5 aromatic rings. The second kappa shape index (κ2) is 13.5. The quantitative estimate of drug-likeness (QED) is 0.179. The van der Waals surface area contributed by atoms with Gasteiger partial charge in [-0.3, -0.25) is 4.79 Å². The summed E-state index contributed by atoms with van der Waals surface area (Å²) in [5.74, 6) is 1.10. The van der Waals surface area contributed by atoms with Crippen molar-refractivity contribution in [3.63, 3.8) is 0 Å². The summed E-state index contributed by atoms with van der Waals surface area (Å²) in [5.41, 5.74) is 4.66. The molecule has 2 aliphatic heterocycles. The predicted molar refractivity (Wildman–Crippen MR) is 180 cm³/mol. The largest absolute Gasteiger partial charge is 0.485 e. The van der Waals surface area contributed by atoms with Gasteiger partial charge in [0.15, 0.2) is 17.3 Å². The normalized spacial score (nSPS) is 17.5. The third-order valence-corrected chi connectivity index (χ3v) is 8.80. The van der Waals surface area contributed by atoms with Crippen LogP contribution >= 0.6 is 0 Å². The van der Waals surface area contributed by atoms with Crippen molar-refractivity contribution in [2.45, 2.75) is 26.2 Å². The zero-order chi connectivity index (χ0) is 32.2. The van der Waals surface area contributed by atoms with Crippen molar-refractivity contribution in [2.24, 2.45) is 10.9 Å². The van der Waals surface area contributed by atoms with E-state index >= 15 is 0 Å². The van der Waals surface area contributed by atoms with Gasteiger partial charge in [0.25, 0.3) is 0 Å². The highest BCUT2D eigenvalue weighted by Gasteiger charge is 2.41. The van der Waals surface area contributed by atoms with Crippen LogP contribution < -0.4 is 14.4 Å². The maximum Gasteiger partial charge on any atom is 0.234 e. The molecule has 0 saturated carbocycles. The summed E-state index contributed by atoms with van der Waals surface area (Å²) in [6, 6.07) is 33.8. The Labute approximate surface area is 273 Å². The number of hydrogen-bond donors (Lipinski definition) is 0. The van der Waals surface area contributed by atoms with Crippen molar-refractivity contribution >= 4 is 23.1 Å². The summed E-state index contributed by atoms with van der Waals surface area (Å²) in [6.07, 6.45) is 1.72. The number of rotatable bonds is 9. The third kappa shape index (κ3) is 6.60. The standard InChI is InChI=1S/C38H36FN5O3/c1-27-36(38(45)43-22-20-42(21-23-43)32-15-13-31(39)14-16-32)37(44-35(41-27)18-19-40-44)30-12-17-33(46-25-28-8-4-2-5-9-28)34(24-30)47-26-29-10-6-3-7-11-29/h2-19,24,36-37H,20-23,25-26H2,1H3. The molecule has 7 rings (SSSR count). The van der Waals surface area contributed by atoms with Crippen LogP contribution in [0.3, 0.4) is 0 Å². The van der Waals surface area contributed by atoms with Crippen LogP contribution in [0.4, 0.5) is 15.9 Å². The Morgan fingerprint density at radius 1 is 0.787 bits per heavy atom. The van der Waals surface area contributed by atoms with Crippen molar-refractivity contribution < 1.29 is 18.7 Å². The van der Waals surface area contributed by atoms with E-state index in [1.165, 1.54) is 12.1 Å². The molecular weight excluding hydrogens is 593 g/mol. The summed E-state index contributed by atoms with van der Waals surface area (Å²) in [5, 5.41) is 4.64. The fourth-order valence-corrected chi connectivity index (χ4v) is 6.32. The average Bonchev–Trinajstić information content (AvgIpc) is 3.58. The lowest BCUT2D eigenvalue weighted by Gasteiger charge is -2.40. The van der Waals surface area contributed by atoms with Gasteiger partial charge in [0, 0.05) is 43.6 Å². The van der Waals surface area contributed by atoms with Crippen LogP contribution in [-0.2, 0) is 18.0 Å². The van der Waals surface area contributed by atoms with Crippen LogP contribution in [0.2, 0.25) is 0 Å². The highest BCUT2D eigenvalue weighted by molar-refractivity contribution is 6.05. The molecule has 0 radical (unpaired) electrons. The molecule has 4 aromatic carbocycles. The molecule has 1 amide bonds. The van der Waals surface area contributed by atoms with Crippen molar-refractivity contribution in [1.82, 2.24) is 14.7 Å². The molecule has 9 heteroatoms. The van der Waals surface area contributed by atoms with Gasteiger partial charge in [0.1, 0.15) is 24.9 Å². The van der Waals surface area contributed by atoms with E-state index in [0.29, 0.717) is 56.7 Å². The Morgan fingerprint density at radius 2 is 1.43 bits per heavy atom. The van der Waals surface area contributed by atoms with Gasteiger partial charge in [-0.15, -0.1) is 0 Å². The number of piperazine rings is 1. The lowest BCUT2D eigenvalue weighted by molar-refractivity contribution is -0.134. The molecular formula is C38H36FN5O3. The lowest BCUT2D eigenvalue weighted by atomic mass is 9.86. The first kappa shape index (κ1) is 30.2. The number of fused-ring (bicyclic) bond motifs is 1. The number of amides is 1. The number of hydrogen-bond acceptors (Lipinski definition) is 6. The van der Waals surface area contributed by atoms with Crippen LogP contribution in [0.15, 0.2) is 120 Å². The molecule has 0 N–H and O–H groups in total. The van der Waals surface area contributed by atoms with Gasteiger partial charge in [0.2, 0.25) is 5.91 Å². The zero-order valence-electron chi connectivity index (χ0n) is 26.2. The van der Waals surface area contributed by atoms with Crippen molar-refractivity contribution in [1.29, 1.82) is 0 Å². The second-order valence-electron chi connectivity index (χ2n) is 11.9. The van der Waals surface area contributed by atoms with Gasteiger partial charge in [-0.2, -0.15) is 5.10 Å². The Bertz CT molecular complexity index is 1850. The van der Waals surface area contributed by atoms with Crippen LogP contribution in [0.5, 0.6) is 11.5 Å². The number of carbonyl (C=O) groups excluding carboxylic acids is 1. The molecule has 2 unspecified atom stereocenters. The number of carbonyl (C=O) groups is 1. The summed E-state index contributed by atoms with van der Waals surface area (Å²) in [7, 11) is 0. The molecule has 3 heterocycles. The van der Waals surface area contributed by atoms with Gasteiger partial charge in [0.05, 0.1) is 12.2 Å². The first-order chi connectivity index (χ1) is 23.0. The van der Waals surface area contributed by atoms with Gasteiger partial charge < -0.3 is 19.3 Å². The molecule has 0 aliphatic carbocycles. The van der Waals surface area contributed by atoms with E-state index in [1.807, 2.05) is 101 Å². The number of ether oxygens (including phenoxy) is 2. The van der Waals surface area contributed by atoms with E-state index in [1.54, 1.807) is 18.3 Å². The molecule has 2 atom stereocenters. The fourth-order valence-electron chi connectivity index (χ4n) is 6.32. The van der Waals surface area contributed by atoms with Crippen molar-refractivity contribution in [2.75, 3.05) is 31.1 Å². The first-order valence-corrected chi connectivity index (χ1v) is 15.9. The summed E-state index contributed by atoms with van der Waals surface area (Å²) >= 11 is 0. The monoisotopic (exact) mass is 629 g/mol. The Balaban J connectivity index is 1.17. The molecule has 8 nitrogen and oxygen atoms in total. The molecule has 47 heavy (non-hydrogen) atoms. The highest BCUT2D eigenvalue weighted by Crippen LogP contribution is 2.40. The number of aromatic nitrogens is 2. The van der Waals surface area contributed by atoms with Crippen LogP contribution in [0.1, 0.15) is 29.7 Å². The summed E-state index contributed by atoms with van der Waals surface area (Å²) in [6.45, 7) is 5.10. The van der Waals surface area contributed by atoms with E-state index in [0.717, 1.165) is 28.1 Å². The molecule has 238 valence electrons. The van der Waals surface area contributed by atoms with E-state index in [4.69, 9.17) is 14.5 Å². The predicted octanol–water partition coefficient (Wildman–Crippen LogP) is 6.84. The first-order valence-electron chi connectivity index (χ1n) is 15.9. The minimum absolute atomic E-state index is 0.00677. The smallest absolute Gasteiger partial charge is 0.234 e. The van der Waals surface area contributed by atoms with E-state index in [9.17, 15) is 9.18 Å². The fraction of sp³-hybridized carbons (Fsp3) is 0.237. The molecule has 1 fully saturated rings. The van der Waals surface area contributed by atoms with Crippen LogP contribution in [0, 0.1) is 11.7 Å². The van der Waals surface area contributed by atoms with Gasteiger partial charge in [-0.1, -0.05) is 66.7 Å². The highest BCUT2D eigenvalue weighted by atomic mass is 19.1. The number of aliphatic imine (C=N–C) groups is 1. The minimum Gasteiger partial charge on any atom is -0.485 e. The molecule has 1 aromatic heterocycles. The number of halogens is 1. The van der Waals surface area contributed by atoms with Gasteiger partial charge in [-0.05, 0) is 60.0 Å². The number of benzene rings is 4. The molecule has 2 aliphatic rings. The van der Waals surface area contributed by atoms with Crippen molar-refractivity contribution in [3.8, 4) is 11.5 Å². The number of nitrogens with zero attached hydrogens (tertiary/aromatic N) is 5. The average molecular weight is 630 g/mol. The SMILES string of the molecule is CC1=Nc2ccnn2C(c2ccc(OCc3ccccc3)c(OCc3ccccc3)c2)C1C(=O)N1CCN(c2ccc(F)cc2)CC1. The van der Waals surface area contributed by atoms with Gasteiger partial charge in [-0.25, -0.2) is 14.1 Å². The zero-order valence-corrected chi connectivity index (χ0v) is 26.2. The number of anilines is 1. The third-order valence-electron chi connectivity index (χ3n) is 8.80. The Hall–Kier alpha value is -5.44. The van der Waals surface area contributed by atoms with Gasteiger partial charge >= 0.3 is 0 Å². The van der Waals surface area contributed by atoms with Crippen LogP contribution in [0.25, 0.3) is 0 Å². The van der Waals surface area contributed by atoms with E-state index in [2.05, 4.69) is 10.00 Å². The summed E-state index contributed by atoms with van der Waals surface area (Å²) < 4.78 is 28.0. The molecule has 1 saturated heterocycles. The molecule has 0 bridgehead atoms. The maximum absolute atomic E-state index is 14.4. The van der Waals surface area contributed by atoms with Crippen molar-refractivity contribution in [3.05, 3.63) is 138 Å². The molecule has 0 spiro atoms. The second-order valence-corrected chi connectivity index (χ2v) is 11.9. The minimum atomic E-state index is -0.558. The Morgan fingerprint density at radius 3 is 2.09 bits per heavy atom. The summed E-state index contributed by atoms with van der Waals surface area (Å²) in [4.78, 5) is 23.3. The van der Waals surface area contributed by atoms with E-state index in [-0.39, 0.29) is 11.7 Å². The van der Waals surface area contributed by atoms with Crippen LogP contribution in [-0.4, -0.2) is 52.5 Å². The topological polar surface area (TPSA) is 72.2 Å².